The number of ketones is 1. The number of aromatic nitrogens is 2. The van der Waals surface area contributed by atoms with Crippen LogP contribution in [0.1, 0.15) is 35.7 Å². The van der Waals surface area contributed by atoms with Crippen LogP contribution in [0.5, 0.6) is 0 Å². The largest absolute Gasteiger partial charge is 0.724 e. The predicted molar refractivity (Wildman–Crippen MR) is 91.3 cm³/mol. The molecule has 0 N–H and O–H groups in total. The summed E-state index contributed by atoms with van der Waals surface area (Å²) in [6.07, 6.45) is 3.65. The van der Waals surface area contributed by atoms with E-state index < -0.39 is 0 Å². The molecular formula is C19H28N2O3. The second-order valence-electron chi connectivity index (χ2n) is 5.93. The first-order valence-electron chi connectivity index (χ1n) is 8.23. The lowest BCUT2D eigenvalue weighted by atomic mass is 9.98. The molecule has 0 atom stereocenters. The van der Waals surface area contributed by atoms with Gasteiger partial charge in [-0.25, -0.2) is 0 Å². The molecule has 0 fully saturated rings. The monoisotopic (exact) mass is 332 g/mol. The zero-order valence-electron chi connectivity index (χ0n) is 15.3. The van der Waals surface area contributed by atoms with Crippen LogP contribution in [0.15, 0.2) is 30.5 Å². The highest BCUT2D eigenvalue weighted by Gasteiger charge is 2.16. The lowest BCUT2D eigenvalue weighted by Gasteiger charge is -2.09. The van der Waals surface area contributed by atoms with Gasteiger partial charge in [-0.3, -0.25) is 4.79 Å². The van der Waals surface area contributed by atoms with Crippen LogP contribution in [0.4, 0.5) is 0 Å². The summed E-state index contributed by atoms with van der Waals surface area (Å²) in [6.45, 7) is 9.76. The van der Waals surface area contributed by atoms with E-state index >= 15 is 0 Å². The first-order valence-corrected chi connectivity index (χ1v) is 8.23. The minimum Gasteiger partial charge on any atom is -0.724 e. The molecular weight excluding hydrogens is 304 g/mol. The summed E-state index contributed by atoms with van der Waals surface area (Å²) >= 11 is 0. The van der Waals surface area contributed by atoms with Gasteiger partial charge in [0.05, 0.1) is 5.69 Å². The summed E-state index contributed by atoms with van der Waals surface area (Å²) < 4.78 is 4.22. The summed E-state index contributed by atoms with van der Waals surface area (Å²) in [5.74, 6) is 0.261. The van der Waals surface area contributed by atoms with Gasteiger partial charge in [0.15, 0.2) is 18.5 Å². The molecule has 5 heteroatoms. The molecule has 0 aliphatic heterocycles. The van der Waals surface area contributed by atoms with Crippen molar-refractivity contribution in [1.82, 2.24) is 4.68 Å². The van der Waals surface area contributed by atoms with Crippen molar-refractivity contribution in [3.05, 3.63) is 52.8 Å². The van der Waals surface area contributed by atoms with Crippen molar-refractivity contribution >= 4 is 5.78 Å². The molecule has 24 heavy (non-hydrogen) atoms. The Morgan fingerprint density at radius 2 is 1.79 bits per heavy atom. The van der Waals surface area contributed by atoms with E-state index in [1.165, 1.54) is 16.7 Å². The van der Waals surface area contributed by atoms with Crippen LogP contribution in [0.3, 0.4) is 0 Å². The Bertz CT molecular complexity index is 642. The fourth-order valence-electron chi connectivity index (χ4n) is 2.75. The van der Waals surface area contributed by atoms with E-state index in [4.69, 9.17) is 5.26 Å². The van der Waals surface area contributed by atoms with Gasteiger partial charge < -0.3 is 10.1 Å². The van der Waals surface area contributed by atoms with Crippen LogP contribution in [-0.2, 0) is 29.2 Å². The molecule has 0 aliphatic rings. The summed E-state index contributed by atoms with van der Waals surface area (Å²) in [4.78, 5) is 15.5. The molecule has 2 aromatic rings. The van der Waals surface area contributed by atoms with Gasteiger partial charge in [-0.15, -0.1) is 4.68 Å². The summed E-state index contributed by atoms with van der Waals surface area (Å²) in [5, 5.41) is 8.43. The lowest BCUT2D eigenvalue weighted by molar-refractivity contribution is -0.774. The molecule has 132 valence electrons. The Morgan fingerprint density at radius 3 is 2.33 bits per heavy atom. The lowest BCUT2D eigenvalue weighted by Crippen LogP contribution is -2.44. The number of carbonyl (C=O) groups excluding carboxylic acids is 1. The van der Waals surface area contributed by atoms with Gasteiger partial charge >= 0.3 is 0 Å². The molecule has 0 radical (unpaired) electrons. The predicted octanol–water partition coefficient (Wildman–Crippen LogP) is 1.83. The van der Waals surface area contributed by atoms with E-state index in [0.29, 0.717) is 13.0 Å². The number of aryl methyl sites for hydroxylation is 4. The van der Waals surface area contributed by atoms with Crippen molar-refractivity contribution in [2.75, 3.05) is 7.11 Å². The molecule has 0 amide bonds. The number of rotatable bonds is 6. The molecule has 0 bridgehead atoms. The van der Waals surface area contributed by atoms with E-state index in [1.807, 2.05) is 6.07 Å². The number of nitrogens with zero attached hydrogens (tertiary/aromatic N) is 2. The smallest absolute Gasteiger partial charge is 0.195 e. The van der Waals surface area contributed by atoms with Crippen molar-refractivity contribution in [1.29, 1.82) is 0 Å². The van der Waals surface area contributed by atoms with Gasteiger partial charge in [0, 0.05) is 26.0 Å². The highest BCUT2D eigenvalue weighted by atomic mass is 17.1. The average molecular weight is 332 g/mol. The summed E-state index contributed by atoms with van der Waals surface area (Å²) in [6, 6.07) is 8.27. The third-order valence-electron chi connectivity index (χ3n) is 4.00. The Balaban J connectivity index is 0.000000891. The van der Waals surface area contributed by atoms with Gasteiger partial charge in [0.2, 0.25) is 0 Å². The maximum Gasteiger partial charge on any atom is 0.195 e. The van der Waals surface area contributed by atoms with Crippen molar-refractivity contribution in [3.8, 4) is 0 Å². The van der Waals surface area contributed by atoms with Crippen LogP contribution in [0.25, 0.3) is 0 Å². The van der Waals surface area contributed by atoms with Crippen LogP contribution in [0, 0.1) is 20.8 Å². The van der Waals surface area contributed by atoms with E-state index in [1.54, 1.807) is 0 Å². The molecule has 1 aromatic heterocycles. The molecule has 0 unspecified atom stereocenters. The molecule has 0 saturated heterocycles. The Morgan fingerprint density at radius 1 is 1.21 bits per heavy atom. The highest BCUT2D eigenvalue weighted by molar-refractivity contribution is 5.81. The van der Waals surface area contributed by atoms with Gasteiger partial charge in [-0.2, -0.15) is 4.68 Å². The standard InChI is InChI=1S/C18H25N2O.CH4O2/c1-5-10-19-11-9-16(4)20(19)13-17(21)12-18-14(2)7-6-8-15(18)3;1-3-2/h6-9,11H,5,10,12-13H2,1-4H3;2H,1H3/q+1;/p-1. The fourth-order valence-corrected chi connectivity index (χ4v) is 2.75. The maximum absolute atomic E-state index is 12.5. The van der Waals surface area contributed by atoms with Crippen molar-refractivity contribution in [3.63, 3.8) is 0 Å². The second-order valence-corrected chi connectivity index (χ2v) is 5.93. The fraction of sp³-hybridized carbons (Fsp3) is 0.474. The minimum atomic E-state index is 0.261. The number of carbonyl (C=O) groups is 1. The quantitative estimate of drug-likeness (QED) is 0.461. The summed E-state index contributed by atoms with van der Waals surface area (Å²) in [5.41, 5.74) is 4.72. The Kier molecular flexibility index (Phi) is 8.36. The summed E-state index contributed by atoms with van der Waals surface area (Å²) in [7, 11) is 1.07. The first-order chi connectivity index (χ1) is 11.4. The third-order valence-corrected chi connectivity index (χ3v) is 4.00. The van der Waals surface area contributed by atoms with E-state index in [9.17, 15) is 4.79 Å². The number of hydrogen-bond acceptors (Lipinski definition) is 3. The highest BCUT2D eigenvalue weighted by Crippen LogP contribution is 2.14. The van der Waals surface area contributed by atoms with Crippen molar-refractivity contribution in [2.24, 2.45) is 0 Å². The van der Waals surface area contributed by atoms with E-state index in [-0.39, 0.29) is 5.78 Å². The molecule has 1 aromatic carbocycles. The molecule has 1 heterocycles. The molecule has 5 nitrogen and oxygen atoms in total. The van der Waals surface area contributed by atoms with Crippen LogP contribution >= 0.6 is 0 Å². The van der Waals surface area contributed by atoms with Crippen molar-refractivity contribution < 1.29 is 19.6 Å². The zero-order chi connectivity index (χ0) is 18.1. The molecule has 0 spiro atoms. The molecule has 2 rings (SSSR count). The Labute approximate surface area is 144 Å². The zero-order valence-corrected chi connectivity index (χ0v) is 15.3. The maximum atomic E-state index is 12.5. The van der Waals surface area contributed by atoms with Crippen LogP contribution in [-0.4, -0.2) is 17.6 Å². The number of benzene rings is 1. The third kappa shape index (κ3) is 5.58. The van der Waals surface area contributed by atoms with Gasteiger partial charge in [-0.1, -0.05) is 25.1 Å². The topological polar surface area (TPSA) is 58.2 Å². The van der Waals surface area contributed by atoms with E-state index in [0.717, 1.165) is 25.8 Å². The van der Waals surface area contributed by atoms with Crippen LogP contribution < -0.4 is 9.94 Å². The average Bonchev–Trinajstić information content (AvgIpc) is 2.85. The minimum absolute atomic E-state index is 0.261. The number of Topliss-reactive ketones (excluding diaryl/α,β-unsaturated/α-hetero) is 1. The van der Waals surface area contributed by atoms with Crippen molar-refractivity contribution in [2.45, 2.75) is 53.6 Å². The number of hydrogen-bond donors (Lipinski definition) is 0. The van der Waals surface area contributed by atoms with Gasteiger partial charge in [0.25, 0.3) is 0 Å². The van der Waals surface area contributed by atoms with Gasteiger partial charge in [0.1, 0.15) is 6.54 Å². The molecule has 0 aliphatic carbocycles. The van der Waals surface area contributed by atoms with Crippen LogP contribution in [0.2, 0.25) is 0 Å². The van der Waals surface area contributed by atoms with E-state index in [2.05, 4.69) is 66.3 Å². The SMILES string of the molecule is CCC[n+]1ccc(C)n1CC(=O)Cc1c(C)cccc1C.CO[O-]. The van der Waals surface area contributed by atoms with Gasteiger partial charge in [-0.05, 0) is 37.5 Å². The Hall–Kier alpha value is -1.98. The normalized spacial score (nSPS) is 10.2. The second kappa shape index (κ2) is 10.0. The molecule has 0 saturated carbocycles. The first kappa shape index (κ1) is 20.1.